The molecule has 0 fully saturated rings. The number of pyridine rings is 1. The minimum atomic E-state index is 0.233. The number of benzene rings is 4. The van der Waals surface area contributed by atoms with Crippen molar-refractivity contribution in [1.82, 2.24) is 4.98 Å². The van der Waals surface area contributed by atoms with Crippen molar-refractivity contribution in [2.75, 3.05) is 0 Å². The Morgan fingerprint density at radius 3 is 1.72 bits per heavy atom. The van der Waals surface area contributed by atoms with Gasteiger partial charge in [0.15, 0.2) is 0 Å². The first kappa shape index (κ1) is 17.2. The molecule has 0 radical (unpaired) electrons. The summed E-state index contributed by atoms with van der Waals surface area (Å²) >= 11 is 0. The lowest BCUT2D eigenvalue weighted by atomic mass is 9.91. The maximum absolute atomic E-state index is 10.5. The van der Waals surface area contributed by atoms with Gasteiger partial charge in [0.25, 0.3) is 0 Å². The Labute approximate surface area is 169 Å². The molecule has 0 amide bonds. The summed E-state index contributed by atoms with van der Waals surface area (Å²) in [6.45, 7) is 0. The van der Waals surface area contributed by atoms with Crippen LogP contribution in [0.1, 0.15) is 0 Å². The van der Waals surface area contributed by atoms with Gasteiger partial charge in [-0.25, -0.2) is 4.98 Å². The van der Waals surface area contributed by atoms with Crippen LogP contribution >= 0.6 is 0 Å². The molecular formula is C27H19NO. The van der Waals surface area contributed by atoms with E-state index < -0.39 is 0 Å². The molecule has 0 aliphatic heterocycles. The molecule has 138 valence electrons. The fraction of sp³-hybridized carbons (Fsp3) is 0. The number of rotatable bonds is 3. The Kier molecular flexibility index (Phi) is 4.30. The van der Waals surface area contributed by atoms with E-state index in [4.69, 9.17) is 4.98 Å². The lowest BCUT2D eigenvalue weighted by Crippen LogP contribution is -1.96. The SMILES string of the molecule is Oc1ccccc1-c1nc(-c2ccccc2)c(-c2ccccc2)c2ccccc12. The van der Waals surface area contributed by atoms with E-state index in [0.29, 0.717) is 0 Å². The molecule has 29 heavy (non-hydrogen) atoms. The monoisotopic (exact) mass is 373 g/mol. The normalized spacial score (nSPS) is 10.9. The first-order valence-corrected chi connectivity index (χ1v) is 9.65. The number of nitrogens with zero attached hydrogens (tertiary/aromatic N) is 1. The van der Waals surface area contributed by atoms with Gasteiger partial charge in [0.2, 0.25) is 0 Å². The molecule has 5 rings (SSSR count). The minimum Gasteiger partial charge on any atom is -0.507 e. The Balaban J connectivity index is 1.94. The third-order valence-corrected chi connectivity index (χ3v) is 5.18. The molecule has 0 aliphatic carbocycles. The van der Waals surface area contributed by atoms with Crippen LogP contribution in [0.5, 0.6) is 5.75 Å². The van der Waals surface area contributed by atoms with E-state index in [1.54, 1.807) is 6.07 Å². The van der Waals surface area contributed by atoms with Crippen LogP contribution in [0, 0.1) is 0 Å². The third-order valence-electron chi connectivity index (χ3n) is 5.18. The number of fused-ring (bicyclic) bond motifs is 1. The molecule has 0 unspecified atom stereocenters. The van der Waals surface area contributed by atoms with Gasteiger partial charge in [0.1, 0.15) is 5.75 Å². The van der Waals surface area contributed by atoms with Gasteiger partial charge in [0.05, 0.1) is 11.4 Å². The molecule has 0 atom stereocenters. The highest BCUT2D eigenvalue weighted by molar-refractivity contribution is 6.08. The molecule has 1 N–H and O–H groups in total. The lowest BCUT2D eigenvalue weighted by molar-refractivity contribution is 0.477. The number of phenols is 1. The summed E-state index contributed by atoms with van der Waals surface area (Å²) in [6, 6.07) is 36.3. The summed E-state index contributed by atoms with van der Waals surface area (Å²) in [7, 11) is 0. The zero-order valence-corrected chi connectivity index (χ0v) is 15.8. The third kappa shape index (κ3) is 3.05. The van der Waals surface area contributed by atoms with E-state index in [1.807, 2.05) is 48.5 Å². The summed E-state index contributed by atoms with van der Waals surface area (Å²) in [5.74, 6) is 0.233. The second-order valence-electron chi connectivity index (χ2n) is 6.98. The van der Waals surface area contributed by atoms with Gasteiger partial charge in [-0.05, 0) is 23.1 Å². The van der Waals surface area contributed by atoms with Gasteiger partial charge >= 0.3 is 0 Å². The zero-order chi connectivity index (χ0) is 19.6. The van der Waals surface area contributed by atoms with Gasteiger partial charge in [-0.3, -0.25) is 0 Å². The summed E-state index contributed by atoms with van der Waals surface area (Å²) in [5, 5.41) is 12.7. The van der Waals surface area contributed by atoms with Crippen molar-refractivity contribution in [3.63, 3.8) is 0 Å². The van der Waals surface area contributed by atoms with E-state index in [1.165, 1.54) is 0 Å². The maximum atomic E-state index is 10.5. The second-order valence-corrected chi connectivity index (χ2v) is 6.98. The van der Waals surface area contributed by atoms with E-state index in [9.17, 15) is 5.11 Å². The van der Waals surface area contributed by atoms with Crippen LogP contribution in [0.25, 0.3) is 44.4 Å². The van der Waals surface area contributed by atoms with Crippen molar-refractivity contribution >= 4 is 10.8 Å². The Bertz CT molecular complexity index is 1290. The van der Waals surface area contributed by atoms with E-state index in [-0.39, 0.29) is 5.75 Å². The average molecular weight is 373 g/mol. The highest BCUT2D eigenvalue weighted by Gasteiger charge is 2.18. The minimum absolute atomic E-state index is 0.233. The first-order chi connectivity index (χ1) is 14.3. The Morgan fingerprint density at radius 1 is 0.483 bits per heavy atom. The zero-order valence-electron chi connectivity index (χ0n) is 15.8. The standard InChI is InChI=1S/C27H19NO/c29-24-18-10-9-17-23(24)27-22-16-8-7-15-21(22)25(19-11-3-1-4-12-19)26(28-27)20-13-5-2-6-14-20/h1-18,29H. The summed E-state index contributed by atoms with van der Waals surface area (Å²) in [5.41, 5.74) is 5.71. The largest absolute Gasteiger partial charge is 0.507 e. The Hall–Kier alpha value is -3.91. The molecule has 0 bridgehead atoms. The molecule has 0 aliphatic rings. The van der Waals surface area contributed by atoms with Gasteiger partial charge < -0.3 is 5.11 Å². The molecule has 2 heteroatoms. The number of aromatic hydroxyl groups is 1. The van der Waals surface area contributed by atoms with Gasteiger partial charge in [0, 0.05) is 22.1 Å². The fourth-order valence-electron chi connectivity index (χ4n) is 3.84. The van der Waals surface area contributed by atoms with Crippen LogP contribution in [-0.2, 0) is 0 Å². The summed E-state index contributed by atoms with van der Waals surface area (Å²) in [4.78, 5) is 5.12. The summed E-state index contributed by atoms with van der Waals surface area (Å²) < 4.78 is 0. The van der Waals surface area contributed by atoms with Crippen molar-refractivity contribution in [3.05, 3.63) is 109 Å². The quantitative estimate of drug-likeness (QED) is 0.371. The van der Waals surface area contributed by atoms with Gasteiger partial charge in [-0.15, -0.1) is 0 Å². The smallest absolute Gasteiger partial charge is 0.124 e. The van der Waals surface area contributed by atoms with E-state index in [2.05, 4.69) is 54.6 Å². The highest BCUT2D eigenvalue weighted by atomic mass is 16.3. The molecule has 2 nitrogen and oxygen atoms in total. The van der Waals surface area contributed by atoms with Crippen molar-refractivity contribution in [3.8, 4) is 39.4 Å². The van der Waals surface area contributed by atoms with Crippen molar-refractivity contribution in [2.24, 2.45) is 0 Å². The van der Waals surface area contributed by atoms with Gasteiger partial charge in [-0.1, -0.05) is 97.1 Å². The lowest BCUT2D eigenvalue weighted by Gasteiger charge is -2.17. The summed E-state index contributed by atoms with van der Waals surface area (Å²) in [6.07, 6.45) is 0. The maximum Gasteiger partial charge on any atom is 0.124 e. The van der Waals surface area contributed by atoms with Crippen LogP contribution in [0.15, 0.2) is 109 Å². The fourth-order valence-corrected chi connectivity index (χ4v) is 3.84. The molecule has 1 aromatic heterocycles. The topological polar surface area (TPSA) is 33.1 Å². The molecule has 0 saturated carbocycles. The van der Waals surface area contributed by atoms with Crippen molar-refractivity contribution < 1.29 is 5.11 Å². The average Bonchev–Trinajstić information content (AvgIpc) is 2.79. The molecular weight excluding hydrogens is 354 g/mol. The number of aromatic nitrogens is 1. The predicted octanol–water partition coefficient (Wildman–Crippen LogP) is 6.94. The highest BCUT2D eigenvalue weighted by Crippen LogP contribution is 2.42. The molecule has 5 aromatic rings. The number of para-hydroxylation sites is 1. The Morgan fingerprint density at radius 2 is 1.03 bits per heavy atom. The second kappa shape index (κ2) is 7.25. The van der Waals surface area contributed by atoms with Crippen LogP contribution in [0.2, 0.25) is 0 Å². The van der Waals surface area contributed by atoms with Crippen LogP contribution in [0.4, 0.5) is 0 Å². The van der Waals surface area contributed by atoms with Gasteiger partial charge in [-0.2, -0.15) is 0 Å². The predicted molar refractivity (Wildman–Crippen MR) is 120 cm³/mol. The van der Waals surface area contributed by atoms with Crippen LogP contribution in [-0.4, -0.2) is 10.1 Å². The molecule has 4 aromatic carbocycles. The number of phenolic OH excluding ortho intramolecular Hbond substituents is 1. The van der Waals surface area contributed by atoms with E-state index in [0.717, 1.165) is 44.4 Å². The van der Waals surface area contributed by atoms with Crippen molar-refractivity contribution in [2.45, 2.75) is 0 Å². The molecule has 1 heterocycles. The first-order valence-electron chi connectivity index (χ1n) is 9.65. The van der Waals surface area contributed by atoms with Crippen LogP contribution < -0.4 is 0 Å². The number of hydrogen-bond acceptors (Lipinski definition) is 2. The van der Waals surface area contributed by atoms with Crippen LogP contribution in [0.3, 0.4) is 0 Å². The van der Waals surface area contributed by atoms with E-state index >= 15 is 0 Å². The molecule has 0 spiro atoms. The number of hydrogen-bond donors (Lipinski definition) is 1. The molecule has 0 saturated heterocycles. The van der Waals surface area contributed by atoms with Crippen molar-refractivity contribution in [1.29, 1.82) is 0 Å².